The normalized spacial score (nSPS) is 12.3. The highest BCUT2D eigenvalue weighted by molar-refractivity contribution is 7.99. The summed E-state index contributed by atoms with van der Waals surface area (Å²) >= 11 is 1.84. The molecule has 3 heteroatoms. The topological polar surface area (TPSA) is 32.3 Å². The van der Waals surface area contributed by atoms with Gasteiger partial charge in [-0.25, -0.2) is 0 Å². The number of rotatable bonds is 6. The van der Waals surface area contributed by atoms with Gasteiger partial charge in [0.15, 0.2) is 0 Å². The molecular weight excluding hydrogens is 266 g/mol. The smallest absolute Gasteiger partial charge is 0.120 e. The second-order valence-electron chi connectivity index (χ2n) is 4.90. The van der Waals surface area contributed by atoms with Gasteiger partial charge < -0.3 is 10.4 Å². The summed E-state index contributed by atoms with van der Waals surface area (Å²) in [5.74, 6) is 1.38. The van der Waals surface area contributed by atoms with Gasteiger partial charge in [-0.05, 0) is 32.0 Å². The summed E-state index contributed by atoms with van der Waals surface area (Å²) < 4.78 is 0. The molecule has 0 radical (unpaired) electrons. The van der Waals surface area contributed by atoms with Crippen molar-refractivity contribution in [2.75, 3.05) is 12.3 Å². The molecule has 2 N–H and O–H groups in total. The summed E-state index contributed by atoms with van der Waals surface area (Å²) in [7, 11) is 0. The number of phenolic OH excluding ortho intramolecular Hbond substituents is 1. The number of aryl methyl sites for hydroxylation is 1. The van der Waals surface area contributed by atoms with Crippen molar-refractivity contribution in [3.05, 3.63) is 59.7 Å². The second-order valence-corrected chi connectivity index (χ2v) is 6.07. The van der Waals surface area contributed by atoms with Crippen molar-refractivity contribution in [2.45, 2.75) is 24.8 Å². The molecule has 106 valence electrons. The first-order valence-corrected chi connectivity index (χ1v) is 7.86. The van der Waals surface area contributed by atoms with Crippen molar-refractivity contribution in [1.29, 1.82) is 0 Å². The molecule has 1 unspecified atom stereocenters. The van der Waals surface area contributed by atoms with Crippen LogP contribution in [0.15, 0.2) is 53.4 Å². The molecule has 20 heavy (non-hydrogen) atoms. The van der Waals surface area contributed by atoms with Crippen LogP contribution in [-0.4, -0.2) is 17.4 Å². The third kappa shape index (κ3) is 4.29. The maximum Gasteiger partial charge on any atom is 0.120 e. The zero-order valence-electron chi connectivity index (χ0n) is 12.0. The number of phenols is 1. The van der Waals surface area contributed by atoms with Gasteiger partial charge in [-0.2, -0.15) is 0 Å². The fourth-order valence-electron chi connectivity index (χ4n) is 2.09. The molecule has 0 saturated carbocycles. The summed E-state index contributed by atoms with van der Waals surface area (Å²) in [4.78, 5) is 1.29. The molecule has 0 bridgehead atoms. The lowest BCUT2D eigenvalue weighted by molar-refractivity contribution is 0.454. The average molecular weight is 287 g/mol. The minimum Gasteiger partial charge on any atom is -0.508 e. The van der Waals surface area contributed by atoms with E-state index in [1.54, 1.807) is 6.07 Å². The van der Waals surface area contributed by atoms with Gasteiger partial charge in [-0.15, -0.1) is 11.8 Å². The minimum absolute atomic E-state index is 0.159. The molecule has 2 aromatic carbocycles. The van der Waals surface area contributed by atoms with Crippen LogP contribution in [0.3, 0.4) is 0 Å². The van der Waals surface area contributed by atoms with Crippen molar-refractivity contribution in [2.24, 2.45) is 0 Å². The highest BCUT2D eigenvalue weighted by atomic mass is 32.2. The van der Waals surface area contributed by atoms with E-state index in [1.165, 1.54) is 10.5 Å². The van der Waals surface area contributed by atoms with Gasteiger partial charge >= 0.3 is 0 Å². The fourth-order valence-corrected chi connectivity index (χ4v) is 2.90. The van der Waals surface area contributed by atoms with Crippen molar-refractivity contribution >= 4 is 11.8 Å². The first-order valence-electron chi connectivity index (χ1n) is 6.87. The van der Waals surface area contributed by atoms with Crippen LogP contribution in [-0.2, 0) is 0 Å². The highest BCUT2D eigenvalue weighted by Crippen LogP contribution is 2.25. The third-order valence-electron chi connectivity index (χ3n) is 3.21. The Morgan fingerprint density at radius 1 is 1.15 bits per heavy atom. The molecule has 0 fully saturated rings. The van der Waals surface area contributed by atoms with Crippen molar-refractivity contribution < 1.29 is 5.11 Å². The largest absolute Gasteiger partial charge is 0.508 e. The summed E-state index contributed by atoms with van der Waals surface area (Å²) in [6.45, 7) is 5.04. The number of thioether (sulfide) groups is 1. The van der Waals surface area contributed by atoms with Gasteiger partial charge in [0.25, 0.3) is 0 Å². The second kappa shape index (κ2) is 7.36. The van der Waals surface area contributed by atoms with Crippen molar-refractivity contribution in [3.63, 3.8) is 0 Å². The summed E-state index contributed by atoms with van der Waals surface area (Å²) in [6, 6.07) is 16.3. The molecule has 1 atom stereocenters. The molecule has 2 rings (SSSR count). The predicted molar refractivity (Wildman–Crippen MR) is 86.4 cm³/mol. The van der Waals surface area contributed by atoms with E-state index in [2.05, 4.69) is 36.5 Å². The number of hydrogen-bond acceptors (Lipinski definition) is 3. The summed E-state index contributed by atoms with van der Waals surface area (Å²) in [5, 5.41) is 13.4. The van der Waals surface area contributed by atoms with Gasteiger partial charge in [-0.1, -0.05) is 35.9 Å². The molecule has 2 aromatic rings. The van der Waals surface area contributed by atoms with Crippen LogP contribution in [0, 0.1) is 6.92 Å². The Bertz CT molecular complexity index is 542. The summed E-state index contributed by atoms with van der Waals surface area (Å²) in [6.07, 6.45) is 0. The lowest BCUT2D eigenvalue weighted by atomic mass is 10.0. The van der Waals surface area contributed by atoms with Crippen molar-refractivity contribution in [1.82, 2.24) is 5.32 Å². The van der Waals surface area contributed by atoms with Gasteiger partial charge in [0, 0.05) is 28.8 Å². The Morgan fingerprint density at radius 3 is 2.65 bits per heavy atom. The van der Waals surface area contributed by atoms with E-state index in [0.717, 1.165) is 17.9 Å². The van der Waals surface area contributed by atoms with Crippen LogP contribution in [0.1, 0.15) is 24.1 Å². The first-order chi connectivity index (χ1) is 9.66. The van der Waals surface area contributed by atoms with E-state index in [9.17, 15) is 5.11 Å². The van der Waals surface area contributed by atoms with E-state index in [4.69, 9.17) is 0 Å². The standard InChI is InChI=1S/C17H21NOS/c1-13-8-9-17(19)16(12-13)14(2)18-10-11-20-15-6-4-3-5-7-15/h3-9,12,14,18-19H,10-11H2,1-2H3. The van der Waals surface area contributed by atoms with Gasteiger partial charge in [0.2, 0.25) is 0 Å². The number of benzene rings is 2. The predicted octanol–water partition coefficient (Wildman–Crippen LogP) is 4.14. The Balaban J connectivity index is 1.80. The van der Waals surface area contributed by atoms with Gasteiger partial charge in [0.1, 0.15) is 5.75 Å². The van der Waals surface area contributed by atoms with Crippen LogP contribution < -0.4 is 5.32 Å². The molecule has 0 aliphatic heterocycles. The Morgan fingerprint density at radius 2 is 1.90 bits per heavy atom. The van der Waals surface area contributed by atoms with Crippen LogP contribution in [0.5, 0.6) is 5.75 Å². The maximum atomic E-state index is 9.89. The van der Waals surface area contributed by atoms with Crippen molar-refractivity contribution in [3.8, 4) is 5.75 Å². The number of hydrogen-bond donors (Lipinski definition) is 2. The molecule has 0 amide bonds. The average Bonchev–Trinajstić information content (AvgIpc) is 2.47. The van der Waals surface area contributed by atoms with E-state index in [-0.39, 0.29) is 6.04 Å². The van der Waals surface area contributed by atoms with Crippen LogP contribution >= 0.6 is 11.8 Å². The minimum atomic E-state index is 0.159. The molecule has 0 aliphatic rings. The highest BCUT2D eigenvalue weighted by Gasteiger charge is 2.09. The van der Waals surface area contributed by atoms with E-state index >= 15 is 0 Å². The Labute approximate surface area is 125 Å². The number of nitrogens with one attached hydrogen (secondary N) is 1. The fraction of sp³-hybridized carbons (Fsp3) is 0.294. The molecule has 0 heterocycles. The molecule has 0 spiro atoms. The van der Waals surface area contributed by atoms with Crippen LogP contribution in [0.4, 0.5) is 0 Å². The molecule has 0 aliphatic carbocycles. The molecular formula is C17H21NOS. The maximum absolute atomic E-state index is 9.89. The monoisotopic (exact) mass is 287 g/mol. The van der Waals surface area contributed by atoms with E-state index in [1.807, 2.05) is 36.9 Å². The molecule has 0 aromatic heterocycles. The van der Waals surface area contributed by atoms with E-state index in [0.29, 0.717) is 5.75 Å². The lowest BCUT2D eigenvalue weighted by Crippen LogP contribution is -2.21. The zero-order valence-corrected chi connectivity index (χ0v) is 12.8. The van der Waals surface area contributed by atoms with Gasteiger partial charge in [0.05, 0.1) is 0 Å². The molecule has 0 saturated heterocycles. The summed E-state index contributed by atoms with van der Waals surface area (Å²) in [5.41, 5.74) is 2.14. The Kier molecular flexibility index (Phi) is 5.50. The number of aromatic hydroxyl groups is 1. The van der Waals surface area contributed by atoms with Gasteiger partial charge in [-0.3, -0.25) is 0 Å². The molecule has 2 nitrogen and oxygen atoms in total. The zero-order chi connectivity index (χ0) is 14.4. The van der Waals surface area contributed by atoms with Crippen LogP contribution in [0.2, 0.25) is 0 Å². The quantitative estimate of drug-likeness (QED) is 0.618. The van der Waals surface area contributed by atoms with Crippen LogP contribution in [0.25, 0.3) is 0 Å². The SMILES string of the molecule is Cc1ccc(O)c(C(C)NCCSc2ccccc2)c1. The first kappa shape index (κ1) is 14.9. The van der Waals surface area contributed by atoms with E-state index < -0.39 is 0 Å². The lowest BCUT2D eigenvalue weighted by Gasteiger charge is -2.16. The Hall–Kier alpha value is -1.45. The third-order valence-corrected chi connectivity index (χ3v) is 4.23.